The summed E-state index contributed by atoms with van der Waals surface area (Å²) in [6, 6.07) is 10.4. The first kappa shape index (κ1) is 20.4. The molecule has 2 N–H and O–H groups in total. The van der Waals surface area contributed by atoms with E-state index in [0.29, 0.717) is 33.8 Å². The number of quaternary nitrogens is 1. The molecule has 0 fully saturated rings. The van der Waals surface area contributed by atoms with Crippen molar-refractivity contribution < 1.29 is 19.2 Å². The summed E-state index contributed by atoms with van der Waals surface area (Å²) in [5.74, 6) is 1.20. The van der Waals surface area contributed by atoms with Crippen LogP contribution in [0.2, 0.25) is 10.0 Å². The summed E-state index contributed by atoms with van der Waals surface area (Å²) in [6.07, 6.45) is 0. The molecule has 0 radical (unpaired) electrons. The number of nitrogens with one attached hydrogen (secondary N) is 2. The third-order valence-electron chi connectivity index (χ3n) is 4.27. The van der Waals surface area contributed by atoms with Crippen LogP contribution in [0.15, 0.2) is 36.4 Å². The minimum absolute atomic E-state index is 0.145. The Morgan fingerprint density at radius 1 is 1.19 bits per heavy atom. The highest BCUT2D eigenvalue weighted by molar-refractivity contribution is 6.35. The van der Waals surface area contributed by atoms with Crippen molar-refractivity contribution in [2.45, 2.75) is 19.5 Å². The number of carbonyl (C=O) groups is 1. The van der Waals surface area contributed by atoms with Gasteiger partial charge in [0.05, 0.1) is 37.5 Å². The maximum atomic E-state index is 12.6. The van der Waals surface area contributed by atoms with Crippen LogP contribution in [0.25, 0.3) is 0 Å². The number of carbonyl (C=O) groups excluding carboxylic acids is 1. The molecule has 2 aromatic rings. The molecule has 0 heterocycles. The summed E-state index contributed by atoms with van der Waals surface area (Å²) in [6.45, 7) is 2.45. The summed E-state index contributed by atoms with van der Waals surface area (Å²) >= 11 is 12.1. The normalized spacial score (nSPS) is 13.0. The fraction of sp³-hybridized carbons (Fsp3) is 0.316. The number of anilines is 1. The monoisotopic (exact) mass is 397 g/mol. The Morgan fingerprint density at radius 3 is 2.58 bits per heavy atom. The lowest BCUT2D eigenvalue weighted by Gasteiger charge is -2.22. The first-order chi connectivity index (χ1) is 12.4. The molecular formula is C19H23Cl2N2O3+. The molecule has 0 spiro atoms. The van der Waals surface area contributed by atoms with Crippen molar-refractivity contribution in [3.8, 4) is 11.5 Å². The number of amides is 1. The Kier molecular flexibility index (Phi) is 7.14. The highest BCUT2D eigenvalue weighted by Gasteiger charge is 2.24. The minimum Gasteiger partial charge on any atom is -0.493 e. The van der Waals surface area contributed by atoms with Gasteiger partial charge < -0.3 is 19.7 Å². The first-order valence-electron chi connectivity index (χ1n) is 8.15. The fourth-order valence-corrected chi connectivity index (χ4v) is 2.94. The molecule has 0 aromatic heterocycles. The van der Waals surface area contributed by atoms with Gasteiger partial charge in [-0.15, -0.1) is 0 Å². The maximum absolute atomic E-state index is 12.6. The van der Waals surface area contributed by atoms with E-state index in [-0.39, 0.29) is 11.9 Å². The zero-order valence-electron chi connectivity index (χ0n) is 15.2. The highest BCUT2D eigenvalue weighted by atomic mass is 35.5. The molecule has 0 aliphatic carbocycles. The molecule has 140 valence electrons. The van der Waals surface area contributed by atoms with Crippen LogP contribution in [0.3, 0.4) is 0 Å². The molecule has 0 saturated carbocycles. The molecule has 0 aliphatic heterocycles. The minimum atomic E-state index is -0.319. The van der Waals surface area contributed by atoms with Gasteiger partial charge >= 0.3 is 0 Å². The topological polar surface area (TPSA) is 52.0 Å². The molecule has 1 amide bonds. The third kappa shape index (κ3) is 4.81. The lowest BCUT2D eigenvalue weighted by atomic mass is 10.1. The first-order valence-corrected chi connectivity index (χ1v) is 8.91. The predicted octanol–water partition coefficient (Wildman–Crippen LogP) is 3.05. The van der Waals surface area contributed by atoms with Crippen molar-refractivity contribution in [2.24, 2.45) is 0 Å². The van der Waals surface area contributed by atoms with Crippen LogP contribution < -0.4 is 19.7 Å². The molecule has 1 unspecified atom stereocenters. The van der Waals surface area contributed by atoms with E-state index < -0.39 is 0 Å². The van der Waals surface area contributed by atoms with Crippen molar-refractivity contribution in [1.82, 2.24) is 0 Å². The van der Waals surface area contributed by atoms with Gasteiger partial charge in [-0.25, -0.2) is 0 Å². The largest absolute Gasteiger partial charge is 0.493 e. The second-order valence-corrected chi connectivity index (χ2v) is 6.85. The molecule has 7 heteroatoms. The average molecular weight is 398 g/mol. The third-order valence-corrected chi connectivity index (χ3v) is 4.84. The van der Waals surface area contributed by atoms with Gasteiger partial charge in [0.15, 0.2) is 17.5 Å². The van der Waals surface area contributed by atoms with E-state index in [1.165, 1.54) is 0 Å². The second-order valence-electron chi connectivity index (χ2n) is 6.01. The molecule has 2 rings (SSSR count). The number of hydrogen-bond acceptors (Lipinski definition) is 3. The molecule has 2 atom stereocenters. The van der Waals surface area contributed by atoms with E-state index in [9.17, 15) is 4.79 Å². The van der Waals surface area contributed by atoms with Crippen molar-refractivity contribution in [2.75, 3.05) is 26.6 Å². The molecule has 0 saturated heterocycles. The maximum Gasteiger partial charge on any atom is 0.282 e. The number of hydrogen-bond donors (Lipinski definition) is 2. The number of benzene rings is 2. The number of halogens is 2. The van der Waals surface area contributed by atoms with Gasteiger partial charge in [-0.05, 0) is 37.3 Å². The van der Waals surface area contributed by atoms with Gasteiger partial charge in [0.25, 0.3) is 5.91 Å². The Morgan fingerprint density at radius 2 is 1.92 bits per heavy atom. The summed E-state index contributed by atoms with van der Waals surface area (Å²) in [4.78, 5) is 13.6. The van der Waals surface area contributed by atoms with E-state index in [2.05, 4.69) is 5.32 Å². The Hall–Kier alpha value is -1.95. The van der Waals surface area contributed by atoms with Gasteiger partial charge in [-0.2, -0.15) is 0 Å². The van der Waals surface area contributed by atoms with Crippen LogP contribution in [-0.2, 0) is 11.3 Å². The van der Waals surface area contributed by atoms with Gasteiger partial charge in [-0.1, -0.05) is 29.3 Å². The summed E-state index contributed by atoms with van der Waals surface area (Å²) in [5.41, 5.74) is 1.47. The van der Waals surface area contributed by atoms with Crippen LogP contribution in [0.5, 0.6) is 11.5 Å². The smallest absolute Gasteiger partial charge is 0.282 e. The SMILES string of the molecule is COc1cccc(C[NH+](C)[C@H](C)C(=O)Nc2cc(Cl)ccc2Cl)c1OC. The molecule has 26 heavy (non-hydrogen) atoms. The second kappa shape index (κ2) is 9.12. The highest BCUT2D eigenvalue weighted by Crippen LogP contribution is 2.30. The molecule has 0 bridgehead atoms. The molecular weight excluding hydrogens is 375 g/mol. The lowest BCUT2D eigenvalue weighted by Crippen LogP contribution is -3.12. The Bertz CT molecular complexity index is 783. The quantitative estimate of drug-likeness (QED) is 0.754. The van der Waals surface area contributed by atoms with Crippen LogP contribution in [-0.4, -0.2) is 33.2 Å². The van der Waals surface area contributed by atoms with Gasteiger partial charge in [-0.3, -0.25) is 4.79 Å². The van der Waals surface area contributed by atoms with Crippen molar-refractivity contribution in [1.29, 1.82) is 0 Å². The summed E-state index contributed by atoms with van der Waals surface area (Å²) < 4.78 is 10.8. The van der Waals surface area contributed by atoms with E-state index in [0.717, 1.165) is 10.5 Å². The standard InChI is InChI=1S/C19H22Cl2N2O3/c1-12(19(24)22-16-10-14(20)8-9-15(16)21)23(2)11-13-6-5-7-17(25-3)18(13)26-4/h5-10,12H,11H2,1-4H3,(H,22,24)/p+1/t12-/m1/s1. The number of para-hydroxylation sites is 1. The molecule has 5 nitrogen and oxygen atoms in total. The van der Waals surface area contributed by atoms with Gasteiger partial charge in [0.2, 0.25) is 0 Å². The zero-order chi connectivity index (χ0) is 19.3. The number of ether oxygens (including phenoxy) is 2. The average Bonchev–Trinajstić information content (AvgIpc) is 2.63. The zero-order valence-corrected chi connectivity index (χ0v) is 16.7. The van der Waals surface area contributed by atoms with E-state index >= 15 is 0 Å². The van der Waals surface area contributed by atoms with E-state index in [1.807, 2.05) is 32.2 Å². The van der Waals surface area contributed by atoms with Crippen molar-refractivity contribution >= 4 is 34.8 Å². The lowest BCUT2D eigenvalue weighted by molar-refractivity contribution is -0.907. The summed E-state index contributed by atoms with van der Waals surface area (Å²) in [7, 11) is 5.15. The van der Waals surface area contributed by atoms with Gasteiger partial charge in [0, 0.05) is 5.02 Å². The number of likely N-dealkylation sites (N-methyl/N-ethyl adjacent to an activating group) is 1. The van der Waals surface area contributed by atoms with Crippen molar-refractivity contribution in [3.63, 3.8) is 0 Å². The molecule has 0 aliphatic rings. The van der Waals surface area contributed by atoms with Gasteiger partial charge in [0.1, 0.15) is 6.54 Å². The Balaban J connectivity index is 2.11. The van der Waals surface area contributed by atoms with Crippen LogP contribution in [0.4, 0.5) is 5.69 Å². The predicted molar refractivity (Wildman–Crippen MR) is 105 cm³/mol. The number of methoxy groups -OCH3 is 2. The summed E-state index contributed by atoms with van der Waals surface area (Å²) in [5, 5.41) is 3.80. The van der Waals surface area contributed by atoms with Crippen LogP contribution >= 0.6 is 23.2 Å². The van der Waals surface area contributed by atoms with E-state index in [1.54, 1.807) is 32.4 Å². The van der Waals surface area contributed by atoms with E-state index in [4.69, 9.17) is 32.7 Å². The fourth-order valence-electron chi connectivity index (χ4n) is 2.60. The van der Waals surface area contributed by atoms with Crippen molar-refractivity contribution in [3.05, 3.63) is 52.0 Å². The Labute approximate surface area is 163 Å². The molecule has 2 aromatic carbocycles. The number of rotatable bonds is 7. The van der Waals surface area contributed by atoms with Crippen LogP contribution in [0.1, 0.15) is 12.5 Å². The van der Waals surface area contributed by atoms with Crippen LogP contribution in [0, 0.1) is 0 Å².